The van der Waals surface area contributed by atoms with Gasteiger partial charge < -0.3 is 4.79 Å². The molecule has 0 aromatic heterocycles. The summed E-state index contributed by atoms with van der Waals surface area (Å²) in [6.07, 6.45) is 12.3. The zero-order valence-electron chi connectivity index (χ0n) is 9.93. The Morgan fingerprint density at radius 2 is 1.57 bits per heavy atom. The first-order chi connectivity index (χ1) is 6.81. The molecule has 0 aliphatic heterocycles. The van der Waals surface area contributed by atoms with Crippen molar-refractivity contribution in [1.82, 2.24) is 0 Å². The Balaban J connectivity index is 2.95. The summed E-state index contributed by atoms with van der Waals surface area (Å²) in [6.45, 7) is 4.61. The fourth-order valence-electron chi connectivity index (χ4n) is 1.63. The summed E-state index contributed by atoms with van der Waals surface area (Å²) in [5, 5.41) is 0. The van der Waals surface area contributed by atoms with Crippen molar-refractivity contribution in [3.63, 3.8) is 0 Å². The standard InChI is InChI=1S/C13H26O/c1-3-13(2)11-9-7-5-4-6-8-10-12-14/h12-13H,3-11H2,1-2H3/t13-/m0/s1. The van der Waals surface area contributed by atoms with Crippen LogP contribution in [0.2, 0.25) is 0 Å². The third-order valence-electron chi connectivity index (χ3n) is 2.97. The molecular formula is C13H26O. The van der Waals surface area contributed by atoms with Gasteiger partial charge in [0.2, 0.25) is 0 Å². The summed E-state index contributed by atoms with van der Waals surface area (Å²) in [5.74, 6) is 0.907. The van der Waals surface area contributed by atoms with E-state index in [4.69, 9.17) is 0 Å². The fourth-order valence-corrected chi connectivity index (χ4v) is 1.63. The van der Waals surface area contributed by atoms with Gasteiger partial charge in [0.25, 0.3) is 0 Å². The molecule has 0 radical (unpaired) electrons. The molecule has 1 nitrogen and oxygen atoms in total. The Kier molecular flexibility index (Phi) is 10.5. The van der Waals surface area contributed by atoms with E-state index in [2.05, 4.69) is 13.8 Å². The second kappa shape index (κ2) is 10.7. The van der Waals surface area contributed by atoms with E-state index in [0.29, 0.717) is 0 Å². The molecule has 0 fully saturated rings. The number of carbonyl (C=O) groups is 1. The van der Waals surface area contributed by atoms with E-state index in [-0.39, 0.29) is 0 Å². The lowest BCUT2D eigenvalue weighted by molar-refractivity contribution is -0.107. The first-order valence-corrected chi connectivity index (χ1v) is 6.24. The number of hydrogen-bond acceptors (Lipinski definition) is 1. The highest BCUT2D eigenvalue weighted by Gasteiger charge is 1.97. The van der Waals surface area contributed by atoms with Crippen molar-refractivity contribution in [2.24, 2.45) is 5.92 Å². The molecule has 0 spiro atoms. The van der Waals surface area contributed by atoms with Crippen LogP contribution in [0.15, 0.2) is 0 Å². The van der Waals surface area contributed by atoms with Crippen LogP contribution in [-0.2, 0) is 4.79 Å². The zero-order valence-corrected chi connectivity index (χ0v) is 9.93. The summed E-state index contributed by atoms with van der Waals surface area (Å²) in [4.78, 5) is 10.0. The van der Waals surface area contributed by atoms with Gasteiger partial charge in [-0.25, -0.2) is 0 Å². The van der Waals surface area contributed by atoms with Crippen molar-refractivity contribution >= 4 is 6.29 Å². The molecule has 0 N–H and O–H groups in total. The zero-order chi connectivity index (χ0) is 10.6. The monoisotopic (exact) mass is 198 g/mol. The van der Waals surface area contributed by atoms with Gasteiger partial charge in [0.15, 0.2) is 0 Å². The van der Waals surface area contributed by atoms with Gasteiger partial charge in [-0.2, -0.15) is 0 Å². The Labute approximate surface area is 89.3 Å². The maximum absolute atomic E-state index is 10.0. The predicted molar refractivity (Wildman–Crippen MR) is 62.5 cm³/mol. The van der Waals surface area contributed by atoms with Crippen LogP contribution in [0.25, 0.3) is 0 Å². The number of aldehydes is 1. The third-order valence-corrected chi connectivity index (χ3v) is 2.97. The van der Waals surface area contributed by atoms with E-state index in [1.165, 1.54) is 44.9 Å². The maximum Gasteiger partial charge on any atom is 0.119 e. The second-order valence-corrected chi connectivity index (χ2v) is 4.38. The van der Waals surface area contributed by atoms with Crippen molar-refractivity contribution in [1.29, 1.82) is 0 Å². The highest BCUT2D eigenvalue weighted by molar-refractivity contribution is 5.48. The first-order valence-electron chi connectivity index (χ1n) is 6.24. The molecule has 0 rings (SSSR count). The van der Waals surface area contributed by atoms with E-state index in [1.54, 1.807) is 0 Å². The average molecular weight is 198 g/mol. The molecule has 14 heavy (non-hydrogen) atoms. The minimum Gasteiger partial charge on any atom is -0.303 e. The molecule has 0 aromatic rings. The van der Waals surface area contributed by atoms with E-state index in [9.17, 15) is 4.79 Å². The fraction of sp³-hybridized carbons (Fsp3) is 0.923. The topological polar surface area (TPSA) is 17.1 Å². The summed E-state index contributed by atoms with van der Waals surface area (Å²) in [7, 11) is 0. The summed E-state index contributed by atoms with van der Waals surface area (Å²) in [6, 6.07) is 0. The van der Waals surface area contributed by atoms with Gasteiger partial charge in [0.05, 0.1) is 0 Å². The Morgan fingerprint density at radius 3 is 2.14 bits per heavy atom. The lowest BCUT2D eigenvalue weighted by Gasteiger charge is -2.07. The molecule has 0 bridgehead atoms. The molecule has 84 valence electrons. The lowest BCUT2D eigenvalue weighted by atomic mass is 10.00. The van der Waals surface area contributed by atoms with Crippen molar-refractivity contribution in [3.8, 4) is 0 Å². The molecular weight excluding hydrogens is 172 g/mol. The van der Waals surface area contributed by atoms with Crippen LogP contribution in [0.3, 0.4) is 0 Å². The maximum atomic E-state index is 10.0. The lowest BCUT2D eigenvalue weighted by Crippen LogP contribution is -1.91. The van der Waals surface area contributed by atoms with E-state index < -0.39 is 0 Å². The SMILES string of the molecule is CC[C@H](C)CCCCCCCCC=O. The van der Waals surface area contributed by atoms with E-state index >= 15 is 0 Å². The predicted octanol–water partition coefficient (Wildman–Crippen LogP) is 4.35. The van der Waals surface area contributed by atoms with Crippen LogP contribution in [0.4, 0.5) is 0 Å². The summed E-state index contributed by atoms with van der Waals surface area (Å²) < 4.78 is 0. The van der Waals surface area contributed by atoms with Crippen LogP contribution in [-0.4, -0.2) is 6.29 Å². The second-order valence-electron chi connectivity index (χ2n) is 4.38. The van der Waals surface area contributed by atoms with Crippen molar-refractivity contribution in [3.05, 3.63) is 0 Å². The van der Waals surface area contributed by atoms with Crippen LogP contribution in [0.5, 0.6) is 0 Å². The molecule has 0 aromatic carbocycles. The molecule has 0 aliphatic rings. The van der Waals surface area contributed by atoms with Crippen LogP contribution in [0, 0.1) is 5.92 Å². The number of hydrogen-bond donors (Lipinski definition) is 0. The van der Waals surface area contributed by atoms with Gasteiger partial charge in [-0.05, 0) is 12.3 Å². The molecule has 1 atom stereocenters. The van der Waals surface area contributed by atoms with E-state index in [0.717, 1.165) is 25.0 Å². The smallest absolute Gasteiger partial charge is 0.119 e. The van der Waals surface area contributed by atoms with Gasteiger partial charge in [0.1, 0.15) is 6.29 Å². The minimum absolute atomic E-state index is 0.757. The molecule has 0 saturated carbocycles. The first kappa shape index (κ1) is 13.7. The Hall–Kier alpha value is -0.330. The molecule has 0 saturated heterocycles. The number of carbonyl (C=O) groups excluding carboxylic acids is 1. The largest absolute Gasteiger partial charge is 0.303 e. The van der Waals surface area contributed by atoms with E-state index in [1.807, 2.05) is 0 Å². The van der Waals surface area contributed by atoms with Crippen molar-refractivity contribution < 1.29 is 4.79 Å². The number of rotatable bonds is 10. The van der Waals surface area contributed by atoms with Crippen LogP contribution in [0.1, 0.15) is 71.6 Å². The average Bonchev–Trinajstić information content (AvgIpc) is 2.21. The van der Waals surface area contributed by atoms with Crippen LogP contribution < -0.4 is 0 Å². The van der Waals surface area contributed by atoms with Crippen LogP contribution >= 0.6 is 0 Å². The molecule has 0 aliphatic carbocycles. The Bertz CT molecular complexity index is 120. The third kappa shape index (κ3) is 9.76. The quantitative estimate of drug-likeness (QED) is 0.377. The normalized spacial score (nSPS) is 12.7. The highest BCUT2D eigenvalue weighted by Crippen LogP contribution is 2.14. The molecule has 0 heterocycles. The number of unbranched alkanes of at least 4 members (excludes halogenated alkanes) is 6. The summed E-state index contributed by atoms with van der Waals surface area (Å²) >= 11 is 0. The van der Waals surface area contributed by atoms with Gasteiger partial charge in [0, 0.05) is 6.42 Å². The van der Waals surface area contributed by atoms with Gasteiger partial charge in [-0.3, -0.25) is 0 Å². The molecule has 0 unspecified atom stereocenters. The highest BCUT2D eigenvalue weighted by atomic mass is 16.1. The van der Waals surface area contributed by atoms with Gasteiger partial charge >= 0.3 is 0 Å². The van der Waals surface area contributed by atoms with Gasteiger partial charge in [-0.1, -0.05) is 58.8 Å². The molecule has 1 heteroatoms. The van der Waals surface area contributed by atoms with Crippen molar-refractivity contribution in [2.45, 2.75) is 71.6 Å². The molecule has 0 amide bonds. The van der Waals surface area contributed by atoms with Gasteiger partial charge in [-0.15, -0.1) is 0 Å². The summed E-state index contributed by atoms with van der Waals surface area (Å²) in [5.41, 5.74) is 0. The van der Waals surface area contributed by atoms with Crippen molar-refractivity contribution in [2.75, 3.05) is 0 Å². The minimum atomic E-state index is 0.757. The Morgan fingerprint density at radius 1 is 1.00 bits per heavy atom.